The summed E-state index contributed by atoms with van der Waals surface area (Å²) in [5, 5.41) is 5.22. The van der Waals surface area contributed by atoms with E-state index in [1.54, 1.807) is 20.8 Å². The number of carbonyl (C=O) groups excluding carboxylic acids is 1. The highest BCUT2D eigenvalue weighted by Crippen LogP contribution is 2.23. The molecule has 0 spiro atoms. The van der Waals surface area contributed by atoms with Gasteiger partial charge in [0, 0.05) is 12.2 Å². The summed E-state index contributed by atoms with van der Waals surface area (Å²) in [6, 6.07) is 5.02. The van der Waals surface area contributed by atoms with Crippen LogP contribution in [0.1, 0.15) is 20.8 Å². The van der Waals surface area contributed by atoms with E-state index in [-0.39, 0.29) is 48.8 Å². The molecule has 11 heteroatoms. The molecule has 0 radical (unpaired) electrons. The highest BCUT2D eigenvalue weighted by atomic mass is 127. The fraction of sp³-hybridized carbons (Fsp3) is 0.467. The summed E-state index contributed by atoms with van der Waals surface area (Å²) in [5.74, 6) is -0.286. The van der Waals surface area contributed by atoms with Crippen LogP contribution in [0.4, 0.5) is 23.7 Å². The van der Waals surface area contributed by atoms with Crippen LogP contribution in [0.5, 0.6) is 5.75 Å². The number of carbonyl (C=O) groups is 1. The lowest BCUT2D eigenvalue weighted by atomic mass is 10.2. The summed E-state index contributed by atoms with van der Waals surface area (Å²) < 4.78 is 45.0. The van der Waals surface area contributed by atoms with E-state index < -0.39 is 18.1 Å². The molecule has 0 aliphatic heterocycles. The summed E-state index contributed by atoms with van der Waals surface area (Å²) in [7, 11) is 0. The Morgan fingerprint density at radius 1 is 1.19 bits per heavy atom. The van der Waals surface area contributed by atoms with Crippen LogP contribution >= 0.6 is 24.0 Å². The molecule has 0 heterocycles. The van der Waals surface area contributed by atoms with Gasteiger partial charge in [0.05, 0.1) is 6.54 Å². The number of guanidine groups is 1. The molecule has 0 unspecified atom stereocenters. The van der Waals surface area contributed by atoms with Gasteiger partial charge in [-0.3, -0.25) is 4.99 Å². The van der Waals surface area contributed by atoms with Gasteiger partial charge in [-0.15, -0.1) is 37.1 Å². The summed E-state index contributed by atoms with van der Waals surface area (Å²) in [6.45, 7) is 5.66. The zero-order valence-electron chi connectivity index (χ0n) is 14.5. The first kappa shape index (κ1) is 24.1. The van der Waals surface area contributed by atoms with Crippen LogP contribution in [0.3, 0.4) is 0 Å². The first-order valence-electron chi connectivity index (χ1n) is 7.34. The molecule has 0 atom stereocenters. The van der Waals surface area contributed by atoms with E-state index in [0.717, 1.165) is 12.1 Å². The van der Waals surface area contributed by atoms with Crippen molar-refractivity contribution in [3.8, 4) is 5.75 Å². The molecule has 0 aliphatic rings. The second-order valence-corrected chi connectivity index (χ2v) is 5.89. The topological polar surface area (TPSA) is 98.0 Å². The van der Waals surface area contributed by atoms with Crippen LogP contribution in [0, 0.1) is 0 Å². The van der Waals surface area contributed by atoms with Gasteiger partial charge in [0.2, 0.25) is 0 Å². The molecule has 1 rings (SSSR count). The Morgan fingerprint density at radius 3 is 2.27 bits per heavy atom. The van der Waals surface area contributed by atoms with Crippen molar-refractivity contribution in [2.45, 2.75) is 32.7 Å². The van der Waals surface area contributed by atoms with Crippen LogP contribution in [-0.2, 0) is 4.74 Å². The first-order chi connectivity index (χ1) is 11.4. The number of benzene rings is 1. The Labute approximate surface area is 166 Å². The third kappa shape index (κ3) is 11.6. The molecule has 4 N–H and O–H groups in total. The molecule has 0 bridgehead atoms. The van der Waals surface area contributed by atoms with Gasteiger partial charge in [-0.2, -0.15) is 0 Å². The molecule has 0 aliphatic carbocycles. The van der Waals surface area contributed by atoms with Crippen LogP contribution in [0.2, 0.25) is 0 Å². The molecule has 1 aromatic carbocycles. The molecule has 0 saturated carbocycles. The van der Waals surface area contributed by atoms with Gasteiger partial charge < -0.3 is 25.8 Å². The molecule has 1 aromatic rings. The zero-order valence-corrected chi connectivity index (χ0v) is 16.8. The highest BCUT2D eigenvalue weighted by Gasteiger charge is 2.30. The number of halogens is 4. The van der Waals surface area contributed by atoms with Gasteiger partial charge in [-0.25, -0.2) is 4.79 Å². The Morgan fingerprint density at radius 2 is 1.77 bits per heavy atom. The Hall–Kier alpha value is -1.92. The van der Waals surface area contributed by atoms with Crippen molar-refractivity contribution in [3.05, 3.63) is 24.3 Å². The lowest BCUT2D eigenvalue weighted by molar-refractivity contribution is -0.274. The Kier molecular flexibility index (Phi) is 9.52. The van der Waals surface area contributed by atoms with E-state index in [9.17, 15) is 18.0 Å². The number of nitrogens with two attached hydrogens (primary N) is 1. The predicted octanol–water partition coefficient (Wildman–Crippen LogP) is 3.45. The van der Waals surface area contributed by atoms with E-state index in [1.807, 2.05) is 0 Å². The third-order valence-electron chi connectivity index (χ3n) is 2.42. The molecule has 26 heavy (non-hydrogen) atoms. The fourth-order valence-corrected chi connectivity index (χ4v) is 1.58. The zero-order chi connectivity index (χ0) is 19.1. The summed E-state index contributed by atoms with van der Waals surface area (Å²) >= 11 is 0. The number of alkyl halides is 3. The van der Waals surface area contributed by atoms with Crippen LogP contribution in [-0.4, -0.2) is 37.1 Å². The lowest BCUT2D eigenvalue weighted by Crippen LogP contribution is -2.34. The summed E-state index contributed by atoms with van der Waals surface area (Å²) in [4.78, 5) is 15.4. The van der Waals surface area contributed by atoms with Crippen molar-refractivity contribution in [1.82, 2.24) is 5.32 Å². The van der Waals surface area contributed by atoms with Crippen LogP contribution < -0.4 is 21.1 Å². The van der Waals surface area contributed by atoms with Crippen LogP contribution in [0.15, 0.2) is 29.3 Å². The maximum atomic E-state index is 12.1. The monoisotopic (exact) mass is 490 g/mol. The number of amides is 1. The van der Waals surface area contributed by atoms with Crippen LogP contribution in [0.25, 0.3) is 0 Å². The molecule has 0 saturated heterocycles. The average Bonchev–Trinajstić information content (AvgIpc) is 2.42. The van der Waals surface area contributed by atoms with Gasteiger partial charge in [0.25, 0.3) is 0 Å². The van der Waals surface area contributed by atoms with E-state index in [1.165, 1.54) is 12.1 Å². The fourth-order valence-electron chi connectivity index (χ4n) is 1.58. The molecule has 7 nitrogen and oxygen atoms in total. The SMILES string of the molecule is CC(C)(C)OC(=O)NCCN=C(N)Nc1ccc(OC(F)(F)F)cc1.I. The number of anilines is 1. The highest BCUT2D eigenvalue weighted by molar-refractivity contribution is 14.0. The minimum Gasteiger partial charge on any atom is -0.444 e. The summed E-state index contributed by atoms with van der Waals surface area (Å²) in [5.41, 5.74) is 5.50. The molecular weight excluding hydrogens is 468 g/mol. The molecule has 0 fully saturated rings. The minimum atomic E-state index is -4.74. The number of ether oxygens (including phenoxy) is 2. The number of hydrogen-bond acceptors (Lipinski definition) is 4. The van der Waals surface area contributed by atoms with Gasteiger partial charge in [-0.1, -0.05) is 0 Å². The van der Waals surface area contributed by atoms with Gasteiger partial charge in [0.1, 0.15) is 11.4 Å². The predicted molar refractivity (Wildman–Crippen MR) is 103 cm³/mol. The maximum Gasteiger partial charge on any atom is 0.573 e. The second kappa shape index (κ2) is 10.3. The lowest BCUT2D eigenvalue weighted by Gasteiger charge is -2.19. The standard InChI is InChI=1S/C15H21F3N4O3.HI/c1-14(2,3)25-13(23)21-9-8-20-12(19)22-10-4-6-11(7-5-10)24-15(16,17)18;/h4-7H,8-9H2,1-3H3,(H,21,23)(H3,19,20,22);1H. The second-order valence-electron chi connectivity index (χ2n) is 5.89. The molecular formula is C15H22F3IN4O3. The number of nitrogens with zero attached hydrogens (tertiary/aromatic N) is 1. The number of hydrogen-bond donors (Lipinski definition) is 3. The number of nitrogens with one attached hydrogen (secondary N) is 2. The van der Waals surface area contributed by atoms with E-state index in [0.29, 0.717) is 5.69 Å². The first-order valence-corrected chi connectivity index (χ1v) is 7.34. The van der Waals surface area contributed by atoms with Gasteiger partial charge >= 0.3 is 12.5 Å². The van der Waals surface area contributed by atoms with E-state index >= 15 is 0 Å². The largest absolute Gasteiger partial charge is 0.573 e. The van der Waals surface area contributed by atoms with Gasteiger partial charge in [-0.05, 0) is 45.0 Å². The average molecular weight is 490 g/mol. The molecule has 0 aromatic heterocycles. The molecule has 148 valence electrons. The molecule has 1 amide bonds. The minimum absolute atomic E-state index is 0. The summed E-state index contributed by atoms with van der Waals surface area (Å²) in [6.07, 6.45) is -5.30. The Bertz CT molecular complexity index is 602. The number of aliphatic imine (C=N–C) groups is 1. The van der Waals surface area contributed by atoms with Crippen molar-refractivity contribution in [1.29, 1.82) is 0 Å². The van der Waals surface area contributed by atoms with E-state index in [4.69, 9.17) is 10.5 Å². The van der Waals surface area contributed by atoms with E-state index in [2.05, 4.69) is 20.4 Å². The van der Waals surface area contributed by atoms with Crippen molar-refractivity contribution >= 4 is 41.7 Å². The quantitative estimate of drug-likeness (QED) is 0.254. The normalized spacial score (nSPS) is 12.0. The Balaban J connectivity index is 0.00000625. The van der Waals surface area contributed by atoms with Crippen molar-refractivity contribution in [2.75, 3.05) is 18.4 Å². The van der Waals surface area contributed by atoms with Gasteiger partial charge in [0.15, 0.2) is 5.96 Å². The smallest absolute Gasteiger partial charge is 0.444 e. The van der Waals surface area contributed by atoms with Crippen molar-refractivity contribution in [3.63, 3.8) is 0 Å². The van der Waals surface area contributed by atoms with Crippen molar-refractivity contribution < 1.29 is 27.4 Å². The third-order valence-corrected chi connectivity index (χ3v) is 2.42. The number of rotatable bonds is 5. The number of alkyl carbamates (subject to hydrolysis) is 1. The van der Waals surface area contributed by atoms with Crippen molar-refractivity contribution in [2.24, 2.45) is 10.7 Å². The maximum absolute atomic E-state index is 12.1.